The van der Waals surface area contributed by atoms with Gasteiger partial charge in [0.1, 0.15) is 11.0 Å². The van der Waals surface area contributed by atoms with Gasteiger partial charge in [-0.1, -0.05) is 28.9 Å². The molecule has 86 valence electrons. The number of hydrogen-bond donors (Lipinski definition) is 0. The predicted molar refractivity (Wildman–Crippen MR) is 66.2 cm³/mol. The number of benzene rings is 1. The molecule has 1 rings (SSSR count). The molecule has 0 aromatic heterocycles. The molecule has 0 fully saturated rings. The van der Waals surface area contributed by atoms with Gasteiger partial charge >= 0.3 is 0 Å². The smallest absolute Gasteiger partial charge is 0.207 e. The van der Waals surface area contributed by atoms with E-state index in [0.717, 1.165) is 5.56 Å². The fourth-order valence-corrected chi connectivity index (χ4v) is 2.81. The van der Waals surface area contributed by atoms with Crippen molar-refractivity contribution in [3.05, 3.63) is 28.8 Å². The van der Waals surface area contributed by atoms with E-state index in [-0.39, 0.29) is 10.5 Å². The molecule has 0 spiro atoms. The molecule has 0 saturated heterocycles. The average molecular weight is 323 g/mol. The van der Waals surface area contributed by atoms with E-state index < -0.39 is 9.05 Å². The molecule has 0 N–H and O–H groups in total. The van der Waals surface area contributed by atoms with Gasteiger partial charge in [0.05, 0.1) is 5.56 Å². The van der Waals surface area contributed by atoms with Crippen LogP contribution in [-0.2, 0) is 20.8 Å². The van der Waals surface area contributed by atoms with E-state index >= 15 is 0 Å². The number of nitrogens with zero attached hydrogens (tertiary/aromatic N) is 1. The van der Waals surface area contributed by atoms with E-state index in [0.29, 0.717) is 17.3 Å². The summed E-state index contributed by atoms with van der Waals surface area (Å²) in [6.45, 7) is 1.86. The van der Waals surface area contributed by atoms with Crippen LogP contribution in [0, 0.1) is 11.3 Å². The van der Waals surface area contributed by atoms with Gasteiger partial charge in [-0.05, 0) is 23.6 Å². The zero-order chi connectivity index (χ0) is 12.3. The van der Waals surface area contributed by atoms with E-state index in [1.807, 2.05) is 13.0 Å². The summed E-state index contributed by atoms with van der Waals surface area (Å²) in [6.07, 6.45) is 0.586. The predicted octanol–water partition coefficient (Wildman–Crippen LogP) is 2.94. The van der Waals surface area contributed by atoms with Crippen molar-refractivity contribution in [3.8, 4) is 6.07 Å². The topological polar surface area (TPSA) is 57.9 Å². The standard InChI is InChI=1S/C10H9BrClNO2S/c1-2-8-3-7(5-11)4-10(9(8)6-13)16(12,14)15/h3-4H,2,5H2,1H3. The number of rotatable bonds is 3. The summed E-state index contributed by atoms with van der Waals surface area (Å²) < 4.78 is 22.7. The Bertz CT molecular complexity index is 549. The lowest BCUT2D eigenvalue weighted by Gasteiger charge is -2.08. The first-order valence-corrected chi connectivity index (χ1v) is 7.93. The second-order valence-corrected chi connectivity index (χ2v) is 6.26. The first-order chi connectivity index (χ1) is 7.43. The molecule has 0 atom stereocenters. The van der Waals surface area contributed by atoms with Gasteiger partial charge < -0.3 is 0 Å². The Morgan fingerprint density at radius 1 is 1.50 bits per heavy atom. The number of nitriles is 1. The van der Waals surface area contributed by atoms with Crippen LogP contribution in [0.4, 0.5) is 0 Å². The van der Waals surface area contributed by atoms with E-state index in [2.05, 4.69) is 15.9 Å². The van der Waals surface area contributed by atoms with Crippen molar-refractivity contribution in [3.63, 3.8) is 0 Å². The molecule has 1 aromatic rings. The van der Waals surface area contributed by atoms with Gasteiger partial charge in [0.2, 0.25) is 0 Å². The molecule has 0 aliphatic heterocycles. The molecule has 0 aliphatic carbocycles. The maximum absolute atomic E-state index is 11.3. The Labute approximate surface area is 108 Å². The van der Waals surface area contributed by atoms with E-state index in [9.17, 15) is 8.42 Å². The quantitative estimate of drug-likeness (QED) is 0.635. The molecule has 6 heteroatoms. The summed E-state index contributed by atoms with van der Waals surface area (Å²) in [5, 5.41) is 9.49. The van der Waals surface area contributed by atoms with E-state index in [1.54, 1.807) is 6.07 Å². The highest BCUT2D eigenvalue weighted by atomic mass is 79.9. The minimum Gasteiger partial charge on any atom is -0.207 e. The molecule has 0 amide bonds. The number of alkyl halides is 1. The summed E-state index contributed by atoms with van der Waals surface area (Å²) in [5.74, 6) is 0. The van der Waals surface area contributed by atoms with Crippen LogP contribution >= 0.6 is 26.6 Å². The third-order valence-electron chi connectivity index (χ3n) is 2.15. The lowest BCUT2D eigenvalue weighted by atomic mass is 10.0. The molecule has 3 nitrogen and oxygen atoms in total. The zero-order valence-corrected chi connectivity index (χ0v) is 11.7. The summed E-state index contributed by atoms with van der Waals surface area (Å²) in [6, 6.07) is 5.12. The summed E-state index contributed by atoms with van der Waals surface area (Å²) in [5.41, 5.74) is 1.62. The van der Waals surface area contributed by atoms with Crippen molar-refractivity contribution < 1.29 is 8.42 Å². The highest BCUT2D eigenvalue weighted by molar-refractivity contribution is 9.08. The fourth-order valence-electron chi connectivity index (χ4n) is 1.41. The summed E-state index contributed by atoms with van der Waals surface area (Å²) in [4.78, 5) is -0.106. The van der Waals surface area contributed by atoms with Crippen molar-refractivity contribution in [2.75, 3.05) is 0 Å². The molecule has 0 saturated carbocycles. The van der Waals surface area contributed by atoms with Gasteiger partial charge in [-0.15, -0.1) is 0 Å². The molecule has 0 bridgehead atoms. The number of aryl methyl sites for hydroxylation is 1. The van der Waals surface area contributed by atoms with Crippen LogP contribution < -0.4 is 0 Å². The van der Waals surface area contributed by atoms with Gasteiger partial charge in [0.15, 0.2) is 0 Å². The summed E-state index contributed by atoms with van der Waals surface area (Å²) >= 11 is 3.25. The van der Waals surface area contributed by atoms with Gasteiger partial charge in [0, 0.05) is 16.0 Å². The van der Waals surface area contributed by atoms with Crippen LogP contribution in [0.2, 0.25) is 0 Å². The number of halogens is 2. The minimum atomic E-state index is -3.88. The van der Waals surface area contributed by atoms with Gasteiger partial charge in [-0.25, -0.2) is 8.42 Å². The monoisotopic (exact) mass is 321 g/mol. The molecule has 0 radical (unpaired) electrons. The molecule has 16 heavy (non-hydrogen) atoms. The second kappa shape index (κ2) is 5.17. The van der Waals surface area contributed by atoms with Crippen LogP contribution in [0.5, 0.6) is 0 Å². The Balaban J connectivity index is 3.65. The van der Waals surface area contributed by atoms with Crippen LogP contribution in [0.15, 0.2) is 17.0 Å². The van der Waals surface area contributed by atoms with Gasteiger partial charge in [0.25, 0.3) is 9.05 Å². The third-order valence-corrected chi connectivity index (χ3v) is 4.15. The lowest BCUT2D eigenvalue weighted by Crippen LogP contribution is -2.01. The average Bonchev–Trinajstić information content (AvgIpc) is 2.25. The fraction of sp³-hybridized carbons (Fsp3) is 0.300. The molecule has 1 aromatic carbocycles. The molecule has 0 aliphatic rings. The van der Waals surface area contributed by atoms with Crippen molar-refractivity contribution in [2.45, 2.75) is 23.6 Å². The van der Waals surface area contributed by atoms with Crippen LogP contribution in [0.25, 0.3) is 0 Å². The SMILES string of the molecule is CCc1cc(CBr)cc(S(=O)(=O)Cl)c1C#N. The maximum Gasteiger partial charge on any atom is 0.262 e. The van der Waals surface area contributed by atoms with Crippen LogP contribution in [0.3, 0.4) is 0 Å². The molecular weight excluding hydrogens is 314 g/mol. The van der Waals surface area contributed by atoms with Crippen molar-refractivity contribution in [1.82, 2.24) is 0 Å². The Morgan fingerprint density at radius 2 is 2.12 bits per heavy atom. The Kier molecular flexibility index (Phi) is 4.36. The highest BCUT2D eigenvalue weighted by Crippen LogP contribution is 2.26. The van der Waals surface area contributed by atoms with Crippen LogP contribution in [0.1, 0.15) is 23.6 Å². The van der Waals surface area contributed by atoms with Crippen molar-refractivity contribution in [2.24, 2.45) is 0 Å². The first kappa shape index (κ1) is 13.5. The van der Waals surface area contributed by atoms with Gasteiger partial charge in [-0.2, -0.15) is 5.26 Å². The van der Waals surface area contributed by atoms with E-state index in [4.69, 9.17) is 15.9 Å². The maximum atomic E-state index is 11.3. The van der Waals surface area contributed by atoms with E-state index in [1.165, 1.54) is 6.07 Å². The molecular formula is C10H9BrClNO2S. The second-order valence-electron chi connectivity index (χ2n) is 3.16. The van der Waals surface area contributed by atoms with Crippen molar-refractivity contribution >= 4 is 35.7 Å². The highest BCUT2D eigenvalue weighted by Gasteiger charge is 2.19. The number of hydrogen-bond acceptors (Lipinski definition) is 3. The molecule has 0 heterocycles. The van der Waals surface area contributed by atoms with Crippen LogP contribution in [-0.4, -0.2) is 8.42 Å². The summed E-state index contributed by atoms with van der Waals surface area (Å²) in [7, 11) is 1.42. The normalized spacial score (nSPS) is 11.1. The zero-order valence-electron chi connectivity index (χ0n) is 8.50. The Hall–Kier alpha value is -0.570. The first-order valence-electron chi connectivity index (χ1n) is 4.50. The lowest BCUT2D eigenvalue weighted by molar-refractivity contribution is 0.609. The van der Waals surface area contributed by atoms with Crippen molar-refractivity contribution in [1.29, 1.82) is 5.26 Å². The Morgan fingerprint density at radius 3 is 2.50 bits per heavy atom. The van der Waals surface area contributed by atoms with Gasteiger partial charge in [-0.3, -0.25) is 0 Å². The minimum absolute atomic E-state index is 0.106. The third kappa shape index (κ3) is 2.76. The molecule has 0 unspecified atom stereocenters. The largest absolute Gasteiger partial charge is 0.262 e.